The Labute approximate surface area is 234 Å². The van der Waals surface area contributed by atoms with Gasteiger partial charge in [-0.15, -0.1) is 0 Å². The van der Waals surface area contributed by atoms with Crippen molar-refractivity contribution in [3.63, 3.8) is 0 Å². The topological polar surface area (TPSA) is 86.8 Å². The van der Waals surface area contributed by atoms with Crippen molar-refractivity contribution in [2.45, 2.75) is 68.1 Å². The van der Waals surface area contributed by atoms with Gasteiger partial charge in [-0.2, -0.15) is 0 Å². The lowest BCUT2D eigenvalue weighted by Crippen LogP contribution is -2.81. The molecule has 5 aliphatic carbocycles. The molecule has 4 bridgehead atoms. The first kappa shape index (κ1) is 23.7. The number of ether oxygens (including phenoxy) is 2. The van der Waals surface area contributed by atoms with E-state index in [9.17, 15) is 9.90 Å². The van der Waals surface area contributed by atoms with Crippen LogP contribution in [0.25, 0.3) is 10.9 Å². The number of phenols is 1. The molecular weight excluding hydrogens is 502 g/mol. The molecule has 10 rings (SSSR count). The number of phenolic OH excluding ortho intramolecular Hbond substituents is 1. The van der Waals surface area contributed by atoms with Crippen LogP contribution in [0.3, 0.4) is 0 Å². The van der Waals surface area contributed by atoms with Crippen LogP contribution in [0, 0.1) is 17.3 Å². The maximum atomic E-state index is 13.5. The van der Waals surface area contributed by atoms with Crippen molar-refractivity contribution >= 4 is 16.8 Å². The second-order valence-electron chi connectivity index (χ2n) is 13.5. The number of methoxy groups -OCH3 is 1. The number of aromatic amines is 1. The van der Waals surface area contributed by atoms with Crippen LogP contribution < -0.4 is 10.1 Å². The van der Waals surface area contributed by atoms with E-state index in [1.165, 1.54) is 30.5 Å². The molecule has 2 aromatic carbocycles. The first-order valence-corrected chi connectivity index (χ1v) is 15.2. The zero-order valence-corrected chi connectivity index (χ0v) is 23.0. The molecule has 4 saturated carbocycles. The SMILES string of the molecule is CO[C@]12CC[C@@]3(C[C@@H]1CNC(=O)c1c[nH]c4ccccc14)[C@H]1Cc4ccc(O)c5c4[C@@]3(CCN1CC1CC1)[C@H]2O5. The van der Waals surface area contributed by atoms with E-state index in [1.807, 2.05) is 43.6 Å². The minimum absolute atomic E-state index is 0.0489. The number of aromatic hydroxyl groups is 1. The van der Waals surface area contributed by atoms with Gasteiger partial charge in [-0.25, -0.2) is 0 Å². The molecule has 5 fully saturated rings. The van der Waals surface area contributed by atoms with Crippen molar-refractivity contribution in [3.05, 3.63) is 59.3 Å². The van der Waals surface area contributed by atoms with Gasteiger partial charge in [-0.1, -0.05) is 24.3 Å². The molecule has 208 valence electrons. The van der Waals surface area contributed by atoms with Crippen LogP contribution >= 0.6 is 0 Å². The Morgan fingerprint density at radius 1 is 1.20 bits per heavy atom. The first-order chi connectivity index (χ1) is 19.5. The highest BCUT2D eigenvalue weighted by Gasteiger charge is 2.80. The molecule has 1 saturated heterocycles. The summed E-state index contributed by atoms with van der Waals surface area (Å²) in [5.74, 6) is 1.88. The Morgan fingerprint density at radius 2 is 2.08 bits per heavy atom. The average molecular weight is 540 g/mol. The zero-order valence-electron chi connectivity index (χ0n) is 23.0. The van der Waals surface area contributed by atoms with Gasteiger partial charge in [-0.05, 0) is 75.1 Å². The smallest absolute Gasteiger partial charge is 0.253 e. The Morgan fingerprint density at radius 3 is 2.92 bits per heavy atom. The van der Waals surface area contributed by atoms with Crippen molar-refractivity contribution < 1.29 is 19.4 Å². The molecule has 7 aliphatic rings. The Bertz CT molecular complexity index is 1560. The third-order valence-corrected chi connectivity index (χ3v) is 12.1. The quantitative estimate of drug-likeness (QED) is 0.429. The van der Waals surface area contributed by atoms with Gasteiger partial charge in [-0.3, -0.25) is 9.69 Å². The van der Waals surface area contributed by atoms with E-state index in [4.69, 9.17) is 9.47 Å². The van der Waals surface area contributed by atoms with Gasteiger partial charge >= 0.3 is 0 Å². The number of aromatic nitrogens is 1. The van der Waals surface area contributed by atoms with Crippen molar-refractivity contribution in [1.29, 1.82) is 0 Å². The molecule has 3 heterocycles. The van der Waals surface area contributed by atoms with Crippen LogP contribution in [0.5, 0.6) is 11.5 Å². The van der Waals surface area contributed by atoms with E-state index < -0.39 is 5.60 Å². The third kappa shape index (κ3) is 2.71. The van der Waals surface area contributed by atoms with E-state index in [-0.39, 0.29) is 34.5 Å². The largest absolute Gasteiger partial charge is 0.504 e. The van der Waals surface area contributed by atoms with Gasteiger partial charge in [0.1, 0.15) is 11.7 Å². The molecule has 7 heteroatoms. The number of para-hydroxylation sites is 1. The monoisotopic (exact) mass is 539 g/mol. The number of carbonyl (C=O) groups is 1. The van der Waals surface area contributed by atoms with E-state index in [0.717, 1.165) is 55.5 Å². The van der Waals surface area contributed by atoms with Crippen LogP contribution in [0.1, 0.15) is 60.0 Å². The highest BCUT2D eigenvalue weighted by molar-refractivity contribution is 6.06. The van der Waals surface area contributed by atoms with Crippen molar-refractivity contribution in [3.8, 4) is 11.5 Å². The molecule has 6 atom stereocenters. The first-order valence-electron chi connectivity index (χ1n) is 15.2. The maximum Gasteiger partial charge on any atom is 0.253 e. The van der Waals surface area contributed by atoms with Gasteiger partial charge in [0.15, 0.2) is 11.5 Å². The summed E-state index contributed by atoms with van der Waals surface area (Å²) in [4.78, 5) is 19.6. The Hall–Kier alpha value is -3.03. The molecule has 0 unspecified atom stereocenters. The van der Waals surface area contributed by atoms with Gasteiger partial charge in [0.25, 0.3) is 5.91 Å². The summed E-state index contributed by atoms with van der Waals surface area (Å²) in [6.07, 6.45) is 9.47. The molecule has 0 radical (unpaired) electrons. The number of carbonyl (C=O) groups excluding carboxylic acids is 1. The minimum Gasteiger partial charge on any atom is -0.504 e. The lowest BCUT2D eigenvalue weighted by atomic mass is 9.35. The van der Waals surface area contributed by atoms with E-state index >= 15 is 0 Å². The predicted molar refractivity (Wildman–Crippen MR) is 151 cm³/mol. The van der Waals surface area contributed by atoms with Crippen LogP contribution in [0.2, 0.25) is 0 Å². The number of likely N-dealkylation sites (tertiary alicyclic amines) is 1. The summed E-state index contributed by atoms with van der Waals surface area (Å²) >= 11 is 0. The second kappa shape index (κ2) is 7.83. The number of hydrogen-bond donors (Lipinski definition) is 3. The van der Waals surface area contributed by atoms with Crippen molar-refractivity contribution in [2.24, 2.45) is 17.3 Å². The molecule has 3 aromatic rings. The summed E-state index contributed by atoms with van der Waals surface area (Å²) in [5.41, 5.74) is 3.67. The Kier molecular flexibility index (Phi) is 4.63. The summed E-state index contributed by atoms with van der Waals surface area (Å²) in [7, 11) is 1.83. The van der Waals surface area contributed by atoms with Gasteiger partial charge in [0, 0.05) is 65.7 Å². The number of nitrogens with zero attached hydrogens (tertiary/aromatic N) is 1. The highest BCUT2D eigenvalue weighted by atomic mass is 16.6. The fourth-order valence-corrected chi connectivity index (χ4v) is 10.4. The third-order valence-electron chi connectivity index (χ3n) is 12.1. The van der Waals surface area contributed by atoms with E-state index in [0.29, 0.717) is 23.9 Å². The number of H-pyrrole nitrogens is 1. The number of benzene rings is 2. The average Bonchev–Trinajstić information content (AvgIpc) is 3.56. The summed E-state index contributed by atoms with van der Waals surface area (Å²) < 4.78 is 13.5. The molecule has 40 heavy (non-hydrogen) atoms. The number of nitrogens with one attached hydrogen (secondary N) is 2. The van der Waals surface area contributed by atoms with Crippen LogP contribution in [0.15, 0.2) is 42.6 Å². The lowest BCUT2D eigenvalue weighted by Gasteiger charge is -2.74. The molecule has 3 N–H and O–H groups in total. The van der Waals surface area contributed by atoms with Crippen molar-refractivity contribution in [2.75, 3.05) is 26.7 Å². The summed E-state index contributed by atoms with van der Waals surface area (Å²) in [6, 6.07) is 12.4. The lowest BCUT2D eigenvalue weighted by molar-refractivity contribution is -0.275. The molecule has 2 spiro atoms. The number of amides is 1. The van der Waals surface area contributed by atoms with E-state index in [1.54, 1.807) is 0 Å². The van der Waals surface area contributed by atoms with Gasteiger partial charge in [0.05, 0.1) is 5.56 Å². The normalized spacial score (nSPS) is 36.9. The van der Waals surface area contributed by atoms with Gasteiger partial charge in [0.2, 0.25) is 0 Å². The Balaban J connectivity index is 1.12. The number of hydrogen-bond acceptors (Lipinski definition) is 5. The fourth-order valence-electron chi connectivity index (χ4n) is 10.4. The molecule has 1 amide bonds. The molecular formula is C33H37N3O4. The number of piperidine rings is 1. The minimum atomic E-state index is -0.515. The summed E-state index contributed by atoms with van der Waals surface area (Å²) in [6.45, 7) is 2.83. The number of rotatable bonds is 6. The molecule has 1 aromatic heterocycles. The highest BCUT2D eigenvalue weighted by Crippen LogP contribution is 2.76. The van der Waals surface area contributed by atoms with Crippen LogP contribution in [-0.4, -0.2) is 65.4 Å². The van der Waals surface area contributed by atoms with Crippen LogP contribution in [0.4, 0.5) is 0 Å². The van der Waals surface area contributed by atoms with Crippen molar-refractivity contribution in [1.82, 2.24) is 15.2 Å². The predicted octanol–water partition coefficient (Wildman–Crippen LogP) is 4.53. The standard InChI is InChI=1S/C33H37N3O4/c1-39-33-11-10-31(15-21(33)16-35-29(38)23-17-34-24-5-3-2-4-22(23)24)26-14-20-8-9-25(37)28-27(20)32(31,30(33)40-28)12-13-36(26)18-19-6-7-19/h2-5,8-9,17,19,21,26,30,34,37H,6-7,10-16,18H2,1H3,(H,35,38)/t21-,26-,30-,31-,32+,33-/m1/s1. The van der Waals surface area contributed by atoms with E-state index in [2.05, 4.69) is 21.3 Å². The van der Waals surface area contributed by atoms with Crippen LogP contribution in [-0.2, 0) is 16.6 Å². The summed E-state index contributed by atoms with van der Waals surface area (Å²) in [5, 5.41) is 15.3. The molecule has 2 aliphatic heterocycles. The maximum absolute atomic E-state index is 13.5. The van der Waals surface area contributed by atoms with Gasteiger partial charge < -0.3 is 24.9 Å². The number of fused-ring (bicyclic) bond motifs is 3. The molecule has 7 nitrogen and oxygen atoms in total. The fraction of sp³-hybridized carbons (Fsp3) is 0.545. The zero-order chi connectivity index (χ0) is 26.9. The second-order valence-corrected chi connectivity index (χ2v) is 13.5.